The van der Waals surface area contributed by atoms with Gasteiger partial charge in [-0.15, -0.1) is 0 Å². The molecule has 0 aromatic heterocycles. The molecule has 114 valence electrons. The number of carboxylic acid groups (broad SMARTS) is 1. The lowest BCUT2D eigenvalue weighted by Gasteiger charge is -2.06. The predicted octanol–water partition coefficient (Wildman–Crippen LogP) is 5.65. The summed E-state index contributed by atoms with van der Waals surface area (Å²) in [6, 6.07) is 0. The largest absolute Gasteiger partial charge is 0.481 e. The van der Waals surface area contributed by atoms with Crippen molar-refractivity contribution in [2.75, 3.05) is 0 Å². The molecule has 0 amide bonds. The van der Waals surface area contributed by atoms with Crippen molar-refractivity contribution in [3.63, 3.8) is 0 Å². The molecule has 2 nitrogen and oxygen atoms in total. The lowest BCUT2D eigenvalue weighted by molar-refractivity contribution is -0.141. The average molecular weight is 270 g/mol. The summed E-state index contributed by atoms with van der Waals surface area (Å²) < 4.78 is 0. The van der Waals surface area contributed by atoms with Crippen molar-refractivity contribution in [1.29, 1.82) is 0 Å². The highest BCUT2D eigenvalue weighted by atomic mass is 16.4. The number of aliphatic carboxylic acids is 1. The smallest absolute Gasteiger partial charge is 0.306 e. The van der Waals surface area contributed by atoms with Gasteiger partial charge in [0.25, 0.3) is 0 Å². The van der Waals surface area contributed by atoms with Gasteiger partial charge in [0.1, 0.15) is 0 Å². The Balaban J connectivity index is 3.09. The number of hydrogen-bond acceptors (Lipinski definition) is 1. The molecule has 0 saturated heterocycles. The molecule has 0 saturated carbocycles. The van der Waals surface area contributed by atoms with Crippen LogP contribution in [0.3, 0.4) is 0 Å². The van der Waals surface area contributed by atoms with E-state index in [1.165, 1.54) is 57.8 Å². The highest BCUT2D eigenvalue weighted by Crippen LogP contribution is 2.14. The van der Waals surface area contributed by atoms with E-state index in [1.807, 2.05) is 0 Å². The van der Waals surface area contributed by atoms with E-state index in [-0.39, 0.29) is 5.92 Å². The van der Waals surface area contributed by atoms with E-state index in [0.717, 1.165) is 18.8 Å². The third kappa shape index (κ3) is 13.7. The van der Waals surface area contributed by atoms with Crippen molar-refractivity contribution in [2.24, 2.45) is 11.8 Å². The van der Waals surface area contributed by atoms with Crippen molar-refractivity contribution in [3.8, 4) is 0 Å². The first-order chi connectivity index (χ1) is 9.04. The van der Waals surface area contributed by atoms with Gasteiger partial charge in [-0.05, 0) is 12.3 Å². The molecular weight excluding hydrogens is 236 g/mol. The number of unbranched alkanes of at least 4 members (excludes halogenated alkanes) is 8. The second-order valence-electron chi connectivity index (χ2n) is 6.39. The molecule has 0 aromatic rings. The van der Waals surface area contributed by atoms with Crippen LogP contribution in [-0.2, 0) is 4.79 Å². The van der Waals surface area contributed by atoms with Crippen LogP contribution in [0.1, 0.15) is 91.4 Å². The Hall–Kier alpha value is -0.530. The van der Waals surface area contributed by atoms with Gasteiger partial charge < -0.3 is 5.11 Å². The number of hydrogen-bond donors (Lipinski definition) is 1. The Kier molecular flexibility index (Phi) is 12.2. The van der Waals surface area contributed by atoms with E-state index in [1.54, 1.807) is 6.92 Å². The second-order valence-corrected chi connectivity index (χ2v) is 6.39. The van der Waals surface area contributed by atoms with Crippen molar-refractivity contribution in [3.05, 3.63) is 0 Å². The maximum atomic E-state index is 10.6. The van der Waals surface area contributed by atoms with E-state index >= 15 is 0 Å². The molecule has 0 radical (unpaired) electrons. The Labute approximate surface area is 120 Å². The normalized spacial score (nSPS) is 12.8. The molecule has 0 aliphatic rings. The molecule has 0 bridgehead atoms. The van der Waals surface area contributed by atoms with Crippen molar-refractivity contribution >= 4 is 5.97 Å². The van der Waals surface area contributed by atoms with Gasteiger partial charge >= 0.3 is 5.97 Å². The SMILES string of the molecule is CC(C)CCCCCCCCCCC[C@@H](C)C(=O)O. The van der Waals surface area contributed by atoms with Gasteiger partial charge in [-0.25, -0.2) is 0 Å². The average Bonchev–Trinajstić information content (AvgIpc) is 2.35. The summed E-state index contributed by atoms with van der Waals surface area (Å²) >= 11 is 0. The van der Waals surface area contributed by atoms with Crippen LogP contribution >= 0.6 is 0 Å². The van der Waals surface area contributed by atoms with Crippen molar-refractivity contribution < 1.29 is 9.90 Å². The van der Waals surface area contributed by atoms with E-state index in [4.69, 9.17) is 5.11 Å². The minimum atomic E-state index is -0.651. The molecular formula is C17H34O2. The summed E-state index contributed by atoms with van der Waals surface area (Å²) in [6.07, 6.45) is 14.0. The minimum absolute atomic E-state index is 0.166. The van der Waals surface area contributed by atoms with Crippen LogP contribution in [0.4, 0.5) is 0 Å². The standard InChI is InChI=1S/C17H34O2/c1-15(2)13-11-9-7-5-4-6-8-10-12-14-16(3)17(18)19/h15-16H,4-14H2,1-3H3,(H,18,19)/t16-/m1/s1. The van der Waals surface area contributed by atoms with Crippen LogP contribution in [0, 0.1) is 11.8 Å². The zero-order valence-electron chi connectivity index (χ0n) is 13.3. The van der Waals surface area contributed by atoms with Gasteiger partial charge in [0.2, 0.25) is 0 Å². The first-order valence-electron chi connectivity index (χ1n) is 8.26. The van der Waals surface area contributed by atoms with E-state index in [0.29, 0.717) is 0 Å². The lowest BCUT2D eigenvalue weighted by Crippen LogP contribution is -2.08. The number of rotatable bonds is 13. The first-order valence-corrected chi connectivity index (χ1v) is 8.26. The molecule has 0 aromatic carbocycles. The molecule has 0 heterocycles. The van der Waals surface area contributed by atoms with Crippen LogP contribution in [0.15, 0.2) is 0 Å². The monoisotopic (exact) mass is 270 g/mol. The highest BCUT2D eigenvalue weighted by molar-refractivity contribution is 5.69. The maximum absolute atomic E-state index is 10.6. The van der Waals surface area contributed by atoms with Gasteiger partial charge in [-0.3, -0.25) is 4.79 Å². The maximum Gasteiger partial charge on any atom is 0.306 e. The summed E-state index contributed by atoms with van der Waals surface area (Å²) in [5, 5.41) is 8.76. The lowest BCUT2D eigenvalue weighted by atomic mass is 10.0. The highest BCUT2D eigenvalue weighted by Gasteiger charge is 2.09. The van der Waals surface area contributed by atoms with Crippen LogP contribution in [0.5, 0.6) is 0 Å². The molecule has 1 atom stereocenters. The molecule has 1 N–H and O–H groups in total. The minimum Gasteiger partial charge on any atom is -0.481 e. The Morgan fingerprint density at radius 1 is 0.737 bits per heavy atom. The van der Waals surface area contributed by atoms with E-state index < -0.39 is 5.97 Å². The van der Waals surface area contributed by atoms with Gasteiger partial charge in [0.15, 0.2) is 0 Å². The van der Waals surface area contributed by atoms with E-state index in [9.17, 15) is 4.79 Å². The zero-order valence-corrected chi connectivity index (χ0v) is 13.3. The Morgan fingerprint density at radius 3 is 1.47 bits per heavy atom. The Morgan fingerprint density at radius 2 is 1.11 bits per heavy atom. The molecule has 19 heavy (non-hydrogen) atoms. The van der Waals surface area contributed by atoms with Gasteiger partial charge in [-0.1, -0.05) is 85.0 Å². The van der Waals surface area contributed by atoms with Crippen LogP contribution < -0.4 is 0 Å². The summed E-state index contributed by atoms with van der Waals surface area (Å²) in [5.74, 6) is 0.0375. The Bertz CT molecular complexity index is 211. The predicted molar refractivity (Wildman–Crippen MR) is 82.4 cm³/mol. The fourth-order valence-electron chi connectivity index (χ4n) is 2.36. The van der Waals surface area contributed by atoms with Crippen molar-refractivity contribution in [1.82, 2.24) is 0 Å². The molecule has 0 fully saturated rings. The van der Waals surface area contributed by atoms with Gasteiger partial charge in [-0.2, -0.15) is 0 Å². The third-order valence-corrected chi connectivity index (χ3v) is 3.84. The number of carboxylic acids is 1. The fraction of sp³-hybridized carbons (Fsp3) is 0.941. The first kappa shape index (κ1) is 18.5. The third-order valence-electron chi connectivity index (χ3n) is 3.84. The molecule has 0 spiro atoms. The molecule has 0 rings (SSSR count). The van der Waals surface area contributed by atoms with Gasteiger partial charge in [0, 0.05) is 0 Å². The topological polar surface area (TPSA) is 37.3 Å². The zero-order chi connectivity index (χ0) is 14.5. The second kappa shape index (κ2) is 12.5. The van der Waals surface area contributed by atoms with Gasteiger partial charge in [0.05, 0.1) is 5.92 Å². The van der Waals surface area contributed by atoms with Crippen LogP contribution in [0.2, 0.25) is 0 Å². The summed E-state index contributed by atoms with van der Waals surface area (Å²) in [7, 11) is 0. The summed E-state index contributed by atoms with van der Waals surface area (Å²) in [5.41, 5.74) is 0. The molecule has 0 aliphatic carbocycles. The summed E-state index contributed by atoms with van der Waals surface area (Å²) in [4.78, 5) is 10.6. The quantitative estimate of drug-likeness (QED) is 0.439. The fourth-order valence-corrected chi connectivity index (χ4v) is 2.36. The van der Waals surface area contributed by atoms with Crippen LogP contribution in [0.25, 0.3) is 0 Å². The molecule has 2 heteroatoms. The summed E-state index contributed by atoms with van der Waals surface area (Å²) in [6.45, 7) is 6.40. The van der Waals surface area contributed by atoms with E-state index in [2.05, 4.69) is 13.8 Å². The van der Waals surface area contributed by atoms with Crippen molar-refractivity contribution in [2.45, 2.75) is 91.4 Å². The molecule has 0 aliphatic heterocycles. The molecule has 0 unspecified atom stereocenters. The van der Waals surface area contributed by atoms with Crippen LogP contribution in [-0.4, -0.2) is 11.1 Å². The number of carbonyl (C=O) groups is 1.